The van der Waals surface area contributed by atoms with Crippen LogP contribution < -0.4 is 13.7 Å². The van der Waals surface area contributed by atoms with Gasteiger partial charge in [-0.3, -0.25) is 14.5 Å². The van der Waals surface area contributed by atoms with Gasteiger partial charge in [0.05, 0.1) is 25.2 Å². The van der Waals surface area contributed by atoms with Gasteiger partial charge in [-0.15, -0.1) is 0 Å². The zero-order valence-corrected chi connectivity index (χ0v) is 22.2. The number of rotatable bonds is 9. The van der Waals surface area contributed by atoms with Gasteiger partial charge in [0, 0.05) is 5.02 Å². The number of thioether (sulfide) groups is 1. The Morgan fingerprint density at radius 3 is 2.43 bits per heavy atom. The maximum absolute atomic E-state index is 12.9. The summed E-state index contributed by atoms with van der Waals surface area (Å²) < 4.78 is 41.6. The largest absolute Gasteiger partial charge is 0.497 e. The van der Waals surface area contributed by atoms with E-state index in [1.807, 2.05) is 0 Å². The first-order valence-corrected chi connectivity index (χ1v) is 13.7. The third-order valence-corrected chi connectivity index (χ3v) is 7.61. The predicted octanol–water partition coefficient (Wildman–Crippen LogP) is 5.75. The van der Waals surface area contributed by atoms with Crippen LogP contribution in [0.4, 0.5) is 4.79 Å². The molecule has 3 aromatic rings. The van der Waals surface area contributed by atoms with Crippen LogP contribution in [0, 0.1) is 0 Å². The molecule has 0 saturated carbocycles. The predicted molar refractivity (Wildman–Crippen MR) is 141 cm³/mol. The van der Waals surface area contributed by atoms with Crippen molar-refractivity contribution in [1.82, 2.24) is 4.90 Å². The molecule has 1 heterocycles. The van der Waals surface area contributed by atoms with Crippen molar-refractivity contribution in [2.24, 2.45) is 0 Å². The first kappa shape index (κ1) is 26.6. The zero-order chi connectivity index (χ0) is 26.6. The summed E-state index contributed by atoms with van der Waals surface area (Å²) in [4.78, 5) is 26.7. The van der Waals surface area contributed by atoms with Crippen molar-refractivity contribution in [3.05, 3.63) is 87.8 Å². The molecule has 0 aliphatic carbocycles. The summed E-state index contributed by atoms with van der Waals surface area (Å²) in [5, 5.41) is 0.117. The molecule has 0 N–H and O–H groups in total. The van der Waals surface area contributed by atoms with Crippen LogP contribution in [-0.4, -0.2) is 38.2 Å². The smallest absolute Gasteiger partial charge is 0.339 e. The maximum atomic E-state index is 12.9. The van der Waals surface area contributed by atoms with Gasteiger partial charge in [-0.25, -0.2) is 0 Å². The van der Waals surface area contributed by atoms with Crippen LogP contribution in [0.15, 0.2) is 76.5 Å². The number of methoxy groups -OCH3 is 1. The lowest BCUT2D eigenvalue weighted by Crippen LogP contribution is -2.27. The molecule has 0 bridgehead atoms. The van der Waals surface area contributed by atoms with Crippen molar-refractivity contribution in [1.29, 1.82) is 0 Å². The van der Waals surface area contributed by atoms with E-state index in [4.69, 9.17) is 25.3 Å². The molecule has 8 nitrogen and oxygen atoms in total. The molecule has 4 rings (SSSR count). The highest BCUT2D eigenvalue weighted by atomic mass is 35.5. The SMILES string of the molecule is CCOc1cc(/C=C2\SC(=O)N(Cc3cccc(Cl)c3)C2=O)ccc1OS(=O)(=O)c1ccc(OC)cc1. The fraction of sp³-hybridized carbons (Fsp3) is 0.154. The summed E-state index contributed by atoms with van der Waals surface area (Å²) in [5.41, 5.74) is 1.26. The maximum Gasteiger partial charge on any atom is 0.339 e. The van der Waals surface area contributed by atoms with E-state index >= 15 is 0 Å². The van der Waals surface area contributed by atoms with E-state index < -0.39 is 21.3 Å². The number of imide groups is 1. The second-order valence-corrected chi connectivity index (χ2v) is 10.7. The highest BCUT2D eigenvalue weighted by Gasteiger charge is 2.35. The highest BCUT2D eigenvalue weighted by molar-refractivity contribution is 8.18. The monoisotopic (exact) mass is 559 g/mol. The Bertz CT molecular complexity index is 1470. The van der Waals surface area contributed by atoms with E-state index in [2.05, 4.69) is 0 Å². The lowest BCUT2D eigenvalue weighted by atomic mass is 10.1. The molecule has 0 radical (unpaired) electrons. The molecule has 1 saturated heterocycles. The molecular weight excluding hydrogens is 538 g/mol. The van der Waals surface area contributed by atoms with E-state index in [1.165, 1.54) is 37.4 Å². The zero-order valence-electron chi connectivity index (χ0n) is 19.8. The van der Waals surface area contributed by atoms with Gasteiger partial charge in [0.1, 0.15) is 10.6 Å². The van der Waals surface area contributed by atoms with Crippen LogP contribution in [0.25, 0.3) is 6.08 Å². The molecule has 0 atom stereocenters. The minimum absolute atomic E-state index is 0.0103. The average Bonchev–Trinajstić information content (AvgIpc) is 3.13. The standard InChI is InChI=1S/C26H22ClNO7S2/c1-3-34-23-14-17(7-12-22(23)35-37(31,32)21-10-8-20(33-2)9-11-21)15-24-25(29)28(26(30)36-24)16-18-5-4-6-19(27)13-18/h4-15H,3,16H2,1-2H3/b24-15-. The number of amides is 2. The second kappa shape index (κ2) is 11.3. The van der Waals surface area contributed by atoms with Gasteiger partial charge >= 0.3 is 10.1 Å². The number of hydrogen-bond donors (Lipinski definition) is 0. The quantitative estimate of drug-likeness (QED) is 0.241. The van der Waals surface area contributed by atoms with E-state index in [1.54, 1.807) is 49.4 Å². The lowest BCUT2D eigenvalue weighted by molar-refractivity contribution is -0.123. The lowest BCUT2D eigenvalue weighted by Gasteiger charge is -2.13. The molecule has 192 valence electrons. The normalized spacial score (nSPS) is 14.8. The minimum Gasteiger partial charge on any atom is -0.497 e. The summed E-state index contributed by atoms with van der Waals surface area (Å²) in [5.74, 6) is 0.237. The van der Waals surface area contributed by atoms with Crippen LogP contribution >= 0.6 is 23.4 Å². The second-order valence-electron chi connectivity index (χ2n) is 7.75. The fourth-order valence-corrected chi connectivity index (χ4v) is 5.46. The summed E-state index contributed by atoms with van der Waals surface area (Å²) in [6, 6.07) is 17.3. The third kappa shape index (κ3) is 6.27. The van der Waals surface area contributed by atoms with Crippen molar-refractivity contribution in [3.63, 3.8) is 0 Å². The number of benzene rings is 3. The Kier molecular flexibility index (Phi) is 8.11. The topological polar surface area (TPSA) is 99.2 Å². The number of carbonyl (C=O) groups is 2. The van der Waals surface area contributed by atoms with Crippen LogP contribution in [0.2, 0.25) is 5.02 Å². The number of carbonyl (C=O) groups excluding carboxylic acids is 2. The van der Waals surface area contributed by atoms with E-state index in [0.717, 1.165) is 22.2 Å². The van der Waals surface area contributed by atoms with Gasteiger partial charge in [0.15, 0.2) is 11.5 Å². The summed E-state index contributed by atoms with van der Waals surface area (Å²) >= 11 is 6.83. The molecule has 1 aliphatic heterocycles. The van der Waals surface area contributed by atoms with Gasteiger partial charge in [0.25, 0.3) is 11.1 Å². The fourth-order valence-electron chi connectivity index (χ4n) is 3.47. The van der Waals surface area contributed by atoms with E-state index in [-0.39, 0.29) is 34.5 Å². The van der Waals surface area contributed by atoms with Gasteiger partial charge < -0.3 is 13.7 Å². The molecule has 2 amide bonds. The van der Waals surface area contributed by atoms with Crippen molar-refractivity contribution in [3.8, 4) is 17.2 Å². The van der Waals surface area contributed by atoms with Gasteiger partial charge in [0.2, 0.25) is 0 Å². The van der Waals surface area contributed by atoms with Crippen molar-refractivity contribution < 1.29 is 31.7 Å². The third-order valence-electron chi connectivity index (χ3n) is 5.22. The summed E-state index contributed by atoms with van der Waals surface area (Å²) in [6.07, 6.45) is 1.55. The van der Waals surface area contributed by atoms with E-state index in [0.29, 0.717) is 16.3 Å². The molecule has 3 aromatic carbocycles. The Labute approximate surface area is 223 Å². The Hall–Kier alpha value is -3.47. The number of ether oxygens (including phenoxy) is 2. The van der Waals surface area contributed by atoms with Crippen molar-refractivity contribution >= 4 is 50.7 Å². The first-order chi connectivity index (χ1) is 17.7. The number of nitrogens with zero attached hydrogens (tertiary/aromatic N) is 1. The summed E-state index contributed by atoms with van der Waals surface area (Å²) in [7, 11) is -2.66. The average molecular weight is 560 g/mol. The Balaban J connectivity index is 1.56. The minimum atomic E-state index is -4.14. The molecular formula is C26H22ClNO7S2. The van der Waals surface area contributed by atoms with Crippen LogP contribution in [-0.2, 0) is 21.5 Å². The van der Waals surface area contributed by atoms with E-state index in [9.17, 15) is 18.0 Å². The van der Waals surface area contributed by atoms with Gasteiger partial charge in [-0.2, -0.15) is 8.42 Å². The molecule has 0 spiro atoms. The molecule has 0 aromatic heterocycles. The van der Waals surface area contributed by atoms with Crippen molar-refractivity contribution in [2.75, 3.05) is 13.7 Å². The van der Waals surface area contributed by atoms with Gasteiger partial charge in [-0.05, 0) is 84.4 Å². The number of hydrogen-bond acceptors (Lipinski definition) is 8. The summed E-state index contributed by atoms with van der Waals surface area (Å²) in [6.45, 7) is 2.09. The molecule has 1 fully saturated rings. The Morgan fingerprint density at radius 2 is 1.76 bits per heavy atom. The molecule has 11 heteroatoms. The van der Waals surface area contributed by atoms with Crippen molar-refractivity contribution in [2.45, 2.75) is 18.4 Å². The molecule has 1 aliphatic rings. The highest BCUT2D eigenvalue weighted by Crippen LogP contribution is 2.36. The molecule has 37 heavy (non-hydrogen) atoms. The first-order valence-electron chi connectivity index (χ1n) is 11.1. The number of halogens is 1. The Morgan fingerprint density at radius 1 is 1.00 bits per heavy atom. The van der Waals surface area contributed by atoms with Crippen LogP contribution in [0.5, 0.6) is 17.2 Å². The van der Waals surface area contributed by atoms with Crippen LogP contribution in [0.1, 0.15) is 18.1 Å². The molecule has 0 unspecified atom stereocenters. The van der Waals surface area contributed by atoms with Crippen LogP contribution in [0.3, 0.4) is 0 Å². The van der Waals surface area contributed by atoms with Gasteiger partial charge in [-0.1, -0.05) is 29.8 Å².